The van der Waals surface area contributed by atoms with Crippen molar-refractivity contribution in [2.24, 2.45) is 0 Å². The first-order valence-corrected chi connectivity index (χ1v) is 6.33. The largest absolute Gasteiger partial charge is 0.337 e. The van der Waals surface area contributed by atoms with E-state index >= 15 is 0 Å². The summed E-state index contributed by atoms with van der Waals surface area (Å²) in [5, 5.41) is 3.29. The molecule has 98 valence electrons. The molecule has 1 atom stereocenters. The van der Waals surface area contributed by atoms with Crippen LogP contribution in [-0.4, -0.2) is 37.0 Å². The predicted octanol–water partition coefficient (Wildman–Crippen LogP) is 1.96. The lowest BCUT2D eigenvalue weighted by atomic mass is 10.0. The van der Waals surface area contributed by atoms with E-state index in [1.165, 1.54) is 12.1 Å². The molecule has 1 N–H and O–H groups in total. The molecular weight excluding hydrogens is 231 g/mol. The third kappa shape index (κ3) is 2.70. The predicted molar refractivity (Wildman–Crippen MR) is 69.1 cm³/mol. The van der Waals surface area contributed by atoms with Crippen LogP contribution in [0.25, 0.3) is 0 Å². The van der Waals surface area contributed by atoms with Gasteiger partial charge in [0.1, 0.15) is 5.82 Å². The van der Waals surface area contributed by atoms with Gasteiger partial charge in [-0.2, -0.15) is 0 Å². The maximum Gasteiger partial charge on any atom is 0.254 e. The lowest BCUT2D eigenvalue weighted by molar-refractivity contribution is 0.0707. The van der Waals surface area contributed by atoms with Crippen molar-refractivity contribution in [3.8, 4) is 0 Å². The Labute approximate surface area is 107 Å². The standard InChI is InChI=1S/C14H19FN2O/c1-10-8-11(15)5-6-13(10)14(18)17(2)12-4-3-7-16-9-12/h5-6,8,12,16H,3-4,7,9H2,1-2H3. The Kier molecular flexibility index (Phi) is 3.97. The molecule has 18 heavy (non-hydrogen) atoms. The molecule has 1 aliphatic rings. The summed E-state index contributed by atoms with van der Waals surface area (Å²) in [6.07, 6.45) is 2.11. The maximum absolute atomic E-state index is 13.0. The van der Waals surface area contributed by atoms with Crippen LogP contribution < -0.4 is 5.32 Å². The van der Waals surface area contributed by atoms with Crippen LogP contribution in [0.3, 0.4) is 0 Å². The van der Waals surface area contributed by atoms with Crippen LogP contribution in [0, 0.1) is 12.7 Å². The number of nitrogens with one attached hydrogen (secondary N) is 1. The summed E-state index contributed by atoms with van der Waals surface area (Å²) in [6, 6.07) is 4.54. The maximum atomic E-state index is 13.0. The van der Waals surface area contributed by atoms with Crippen LogP contribution in [0.4, 0.5) is 4.39 Å². The third-order valence-electron chi connectivity index (χ3n) is 3.56. The van der Waals surface area contributed by atoms with Crippen LogP contribution in [0.5, 0.6) is 0 Å². The molecule has 4 heteroatoms. The van der Waals surface area contributed by atoms with Crippen molar-refractivity contribution in [2.75, 3.05) is 20.1 Å². The zero-order chi connectivity index (χ0) is 13.1. The topological polar surface area (TPSA) is 32.3 Å². The molecule has 1 aliphatic heterocycles. The van der Waals surface area contributed by atoms with Crippen molar-refractivity contribution in [1.29, 1.82) is 0 Å². The number of benzene rings is 1. The molecule has 1 unspecified atom stereocenters. The number of likely N-dealkylation sites (N-methyl/N-ethyl adjacent to an activating group) is 1. The number of halogens is 1. The van der Waals surface area contributed by atoms with Gasteiger partial charge in [-0.3, -0.25) is 4.79 Å². The van der Waals surface area contributed by atoms with Crippen molar-refractivity contribution in [1.82, 2.24) is 10.2 Å². The number of rotatable bonds is 2. The minimum Gasteiger partial charge on any atom is -0.337 e. The van der Waals surface area contributed by atoms with E-state index in [2.05, 4.69) is 5.32 Å². The molecule has 1 aromatic carbocycles. The first-order chi connectivity index (χ1) is 8.59. The minimum atomic E-state index is -0.300. The minimum absolute atomic E-state index is 0.0267. The Hall–Kier alpha value is -1.42. The quantitative estimate of drug-likeness (QED) is 0.870. The van der Waals surface area contributed by atoms with Crippen LogP contribution in [-0.2, 0) is 0 Å². The van der Waals surface area contributed by atoms with Gasteiger partial charge >= 0.3 is 0 Å². The molecule has 2 rings (SSSR count). The molecule has 0 bridgehead atoms. The highest BCUT2D eigenvalue weighted by molar-refractivity contribution is 5.95. The van der Waals surface area contributed by atoms with Gasteiger partial charge in [-0.05, 0) is 50.1 Å². The smallest absolute Gasteiger partial charge is 0.254 e. The fourth-order valence-electron chi connectivity index (χ4n) is 2.39. The van der Waals surface area contributed by atoms with E-state index in [4.69, 9.17) is 0 Å². The highest BCUT2D eigenvalue weighted by atomic mass is 19.1. The SMILES string of the molecule is Cc1cc(F)ccc1C(=O)N(C)C1CCCNC1. The van der Waals surface area contributed by atoms with E-state index < -0.39 is 0 Å². The van der Waals surface area contributed by atoms with Gasteiger partial charge in [0.25, 0.3) is 5.91 Å². The fraction of sp³-hybridized carbons (Fsp3) is 0.500. The molecular formula is C14H19FN2O. The Morgan fingerprint density at radius 1 is 1.50 bits per heavy atom. The summed E-state index contributed by atoms with van der Waals surface area (Å²) in [6.45, 7) is 3.62. The fourth-order valence-corrected chi connectivity index (χ4v) is 2.39. The molecule has 0 radical (unpaired) electrons. The highest BCUT2D eigenvalue weighted by Crippen LogP contribution is 2.16. The summed E-state index contributed by atoms with van der Waals surface area (Å²) in [4.78, 5) is 14.1. The number of nitrogens with zero attached hydrogens (tertiary/aromatic N) is 1. The number of amides is 1. The van der Waals surface area contributed by atoms with Crippen LogP contribution in [0.15, 0.2) is 18.2 Å². The van der Waals surface area contributed by atoms with Crippen LogP contribution in [0.1, 0.15) is 28.8 Å². The van der Waals surface area contributed by atoms with Crippen molar-refractivity contribution in [3.05, 3.63) is 35.1 Å². The van der Waals surface area contributed by atoms with Crippen molar-refractivity contribution >= 4 is 5.91 Å². The van der Waals surface area contributed by atoms with Gasteiger partial charge < -0.3 is 10.2 Å². The van der Waals surface area contributed by atoms with Gasteiger partial charge in [-0.15, -0.1) is 0 Å². The zero-order valence-electron chi connectivity index (χ0n) is 10.9. The number of aryl methyl sites for hydroxylation is 1. The van der Waals surface area contributed by atoms with Gasteiger partial charge in [-0.1, -0.05) is 0 Å². The number of hydrogen-bond donors (Lipinski definition) is 1. The lowest BCUT2D eigenvalue weighted by Crippen LogP contribution is -2.46. The van der Waals surface area contributed by atoms with Crippen molar-refractivity contribution < 1.29 is 9.18 Å². The molecule has 1 heterocycles. The van der Waals surface area contributed by atoms with E-state index in [1.54, 1.807) is 17.9 Å². The molecule has 0 spiro atoms. The number of hydrogen-bond acceptors (Lipinski definition) is 2. The first-order valence-electron chi connectivity index (χ1n) is 6.33. The van der Waals surface area contributed by atoms with Crippen LogP contribution in [0.2, 0.25) is 0 Å². The Balaban J connectivity index is 2.14. The van der Waals surface area contributed by atoms with E-state index in [1.807, 2.05) is 7.05 Å². The molecule has 0 aliphatic carbocycles. The summed E-state index contributed by atoms with van der Waals surface area (Å²) >= 11 is 0. The van der Waals surface area contributed by atoms with Gasteiger partial charge in [0.15, 0.2) is 0 Å². The molecule has 1 saturated heterocycles. The molecule has 1 fully saturated rings. The Bertz CT molecular complexity index is 441. The average molecular weight is 250 g/mol. The number of carbonyl (C=O) groups excluding carboxylic acids is 1. The zero-order valence-corrected chi connectivity index (χ0v) is 10.9. The summed E-state index contributed by atoms with van der Waals surface area (Å²) < 4.78 is 13.0. The number of piperidine rings is 1. The second kappa shape index (κ2) is 5.48. The average Bonchev–Trinajstić information content (AvgIpc) is 2.38. The third-order valence-corrected chi connectivity index (χ3v) is 3.56. The molecule has 3 nitrogen and oxygen atoms in total. The molecule has 0 saturated carbocycles. The normalized spacial score (nSPS) is 19.6. The van der Waals surface area contributed by atoms with Crippen molar-refractivity contribution in [2.45, 2.75) is 25.8 Å². The van der Waals surface area contributed by atoms with E-state index in [-0.39, 0.29) is 17.8 Å². The van der Waals surface area contributed by atoms with E-state index in [9.17, 15) is 9.18 Å². The Morgan fingerprint density at radius 3 is 2.89 bits per heavy atom. The lowest BCUT2D eigenvalue weighted by Gasteiger charge is -2.32. The summed E-state index contributed by atoms with van der Waals surface area (Å²) in [7, 11) is 1.82. The molecule has 1 aromatic rings. The second-order valence-corrected chi connectivity index (χ2v) is 4.88. The van der Waals surface area contributed by atoms with Gasteiger partial charge in [0, 0.05) is 25.2 Å². The van der Waals surface area contributed by atoms with Crippen molar-refractivity contribution in [3.63, 3.8) is 0 Å². The molecule has 1 amide bonds. The van der Waals surface area contributed by atoms with E-state index in [0.29, 0.717) is 11.1 Å². The first kappa shape index (κ1) is 13.0. The summed E-state index contributed by atoms with van der Waals surface area (Å²) in [5.74, 6) is -0.327. The van der Waals surface area contributed by atoms with Gasteiger partial charge in [0.2, 0.25) is 0 Å². The number of carbonyl (C=O) groups is 1. The highest BCUT2D eigenvalue weighted by Gasteiger charge is 2.23. The van der Waals surface area contributed by atoms with Gasteiger partial charge in [0.05, 0.1) is 0 Å². The Morgan fingerprint density at radius 2 is 2.28 bits per heavy atom. The van der Waals surface area contributed by atoms with Crippen LogP contribution >= 0.6 is 0 Å². The second-order valence-electron chi connectivity index (χ2n) is 4.88. The monoisotopic (exact) mass is 250 g/mol. The summed E-state index contributed by atoms with van der Waals surface area (Å²) in [5.41, 5.74) is 1.28. The van der Waals surface area contributed by atoms with E-state index in [0.717, 1.165) is 25.9 Å². The van der Waals surface area contributed by atoms with Gasteiger partial charge in [-0.25, -0.2) is 4.39 Å². The molecule has 0 aromatic heterocycles.